The fraction of sp³-hybridized carbons (Fsp3) is 0.150. The minimum Gasteiger partial charge on any atom is -0.489 e. The fourth-order valence-electron chi connectivity index (χ4n) is 2.46. The zero-order chi connectivity index (χ0) is 18.4. The van der Waals surface area contributed by atoms with Crippen LogP contribution < -0.4 is 15.6 Å². The van der Waals surface area contributed by atoms with Crippen molar-refractivity contribution in [2.45, 2.75) is 20.0 Å². The first kappa shape index (κ1) is 17.4. The molecule has 6 heteroatoms. The normalized spacial score (nSPS) is 10.3. The summed E-state index contributed by atoms with van der Waals surface area (Å²) in [6, 6.07) is 12.9. The molecular weight excluding hydrogens is 330 g/mol. The van der Waals surface area contributed by atoms with Crippen LogP contribution in [0.2, 0.25) is 0 Å². The summed E-state index contributed by atoms with van der Waals surface area (Å²) in [6.07, 6.45) is 5.17. The molecule has 3 aromatic rings. The highest BCUT2D eigenvalue weighted by Crippen LogP contribution is 2.16. The van der Waals surface area contributed by atoms with Crippen molar-refractivity contribution in [2.24, 2.45) is 0 Å². The standard InChI is InChI=1S/C20H19N3O3/c1-14-8-17(12-22-20(14)25)23-19(24)10-15-4-2-6-18(9-15)26-13-16-5-3-7-21-11-16/h2-9,11-12H,10,13H2,1H3,(H,22,25)(H,23,24). The van der Waals surface area contributed by atoms with Gasteiger partial charge in [0.2, 0.25) is 5.91 Å². The number of carbonyl (C=O) groups is 1. The number of amides is 1. The molecule has 6 nitrogen and oxygen atoms in total. The van der Waals surface area contributed by atoms with Gasteiger partial charge in [0.25, 0.3) is 5.56 Å². The molecule has 1 aromatic carbocycles. The molecule has 0 spiro atoms. The first-order chi connectivity index (χ1) is 12.6. The lowest BCUT2D eigenvalue weighted by Crippen LogP contribution is -2.17. The average molecular weight is 349 g/mol. The second-order valence-corrected chi connectivity index (χ2v) is 5.92. The molecule has 0 saturated heterocycles. The predicted molar refractivity (Wildman–Crippen MR) is 99.1 cm³/mol. The number of aryl methyl sites for hydroxylation is 1. The van der Waals surface area contributed by atoms with Crippen molar-refractivity contribution in [2.75, 3.05) is 5.32 Å². The van der Waals surface area contributed by atoms with Gasteiger partial charge in [0.1, 0.15) is 12.4 Å². The SMILES string of the molecule is Cc1cc(NC(=O)Cc2cccc(OCc3cccnc3)c2)c[nH]c1=O. The van der Waals surface area contributed by atoms with Crippen LogP contribution in [0.1, 0.15) is 16.7 Å². The molecule has 3 rings (SSSR count). The number of ether oxygens (including phenoxy) is 1. The molecule has 2 N–H and O–H groups in total. The van der Waals surface area contributed by atoms with E-state index in [0.29, 0.717) is 23.6 Å². The van der Waals surface area contributed by atoms with Gasteiger partial charge in [-0.2, -0.15) is 0 Å². The molecule has 2 aromatic heterocycles. The topological polar surface area (TPSA) is 84.1 Å². The number of carbonyl (C=O) groups excluding carboxylic acids is 1. The largest absolute Gasteiger partial charge is 0.489 e. The zero-order valence-electron chi connectivity index (χ0n) is 14.4. The van der Waals surface area contributed by atoms with Crippen molar-refractivity contribution >= 4 is 11.6 Å². The monoisotopic (exact) mass is 349 g/mol. The minimum atomic E-state index is -0.166. The molecule has 0 fully saturated rings. The molecule has 26 heavy (non-hydrogen) atoms. The highest BCUT2D eigenvalue weighted by molar-refractivity contribution is 5.92. The summed E-state index contributed by atoms with van der Waals surface area (Å²) in [4.78, 5) is 30.2. The molecule has 0 saturated carbocycles. The van der Waals surface area contributed by atoms with E-state index in [4.69, 9.17) is 4.74 Å². The van der Waals surface area contributed by atoms with Crippen LogP contribution in [0.25, 0.3) is 0 Å². The van der Waals surface area contributed by atoms with Gasteiger partial charge < -0.3 is 15.0 Å². The molecule has 0 aliphatic carbocycles. The third-order valence-electron chi connectivity index (χ3n) is 3.76. The van der Waals surface area contributed by atoms with Crippen LogP contribution >= 0.6 is 0 Å². The lowest BCUT2D eigenvalue weighted by molar-refractivity contribution is -0.115. The van der Waals surface area contributed by atoms with E-state index >= 15 is 0 Å². The van der Waals surface area contributed by atoms with E-state index in [0.717, 1.165) is 11.1 Å². The Morgan fingerprint density at radius 2 is 2.04 bits per heavy atom. The molecule has 0 aliphatic rings. The van der Waals surface area contributed by atoms with Crippen molar-refractivity contribution in [1.82, 2.24) is 9.97 Å². The molecule has 0 aliphatic heterocycles. The van der Waals surface area contributed by atoms with E-state index < -0.39 is 0 Å². The Morgan fingerprint density at radius 1 is 1.19 bits per heavy atom. The van der Waals surface area contributed by atoms with E-state index in [9.17, 15) is 9.59 Å². The molecule has 0 radical (unpaired) electrons. The summed E-state index contributed by atoms with van der Waals surface area (Å²) in [6.45, 7) is 2.11. The third-order valence-corrected chi connectivity index (χ3v) is 3.76. The first-order valence-electron chi connectivity index (χ1n) is 8.20. The van der Waals surface area contributed by atoms with Gasteiger partial charge in [-0.15, -0.1) is 0 Å². The number of nitrogens with one attached hydrogen (secondary N) is 2. The van der Waals surface area contributed by atoms with E-state index in [1.807, 2.05) is 36.4 Å². The van der Waals surface area contributed by atoms with Crippen molar-refractivity contribution in [3.63, 3.8) is 0 Å². The second kappa shape index (κ2) is 8.11. The van der Waals surface area contributed by atoms with Gasteiger partial charge in [0.05, 0.1) is 12.1 Å². The van der Waals surface area contributed by atoms with Gasteiger partial charge >= 0.3 is 0 Å². The summed E-state index contributed by atoms with van der Waals surface area (Å²) in [5.74, 6) is 0.528. The van der Waals surface area contributed by atoms with Gasteiger partial charge in [0, 0.05) is 29.7 Å². The van der Waals surface area contributed by atoms with E-state index in [1.54, 1.807) is 25.4 Å². The van der Waals surface area contributed by atoms with Gasteiger partial charge in [-0.05, 0) is 36.8 Å². The summed E-state index contributed by atoms with van der Waals surface area (Å²) >= 11 is 0. The molecule has 0 unspecified atom stereocenters. The van der Waals surface area contributed by atoms with Crippen LogP contribution in [0.15, 0.2) is 65.8 Å². The number of anilines is 1. The van der Waals surface area contributed by atoms with Crippen LogP contribution in [-0.4, -0.2) is 15.9 Å². The van der Waals surface area contributed by atoms with Crippen molar-refractivity contribution in [3.05, 3.63) is 88.1 Å². The highest BCUT2D eigenvalue weighted by atomic mass is 16.5. The van der Waals surface area contributed by atoms with E-state index in [-0.39, 0.29) is 17.9 Å². The molecule has 1 amide bonds. The zero-order valence-corrected chi connectivity index (χ0v) is 14.4. The third kappa shape index (κ3) is 4.80. The number of pyridine rings is 2. The number of H-pyrrole nitrogens is 1. The Bertz CT molecular complexity index is 952. The van der Waals surface area contributed by atoms with Crippen LogP contribution in [0.5, 0.6) is 5.75 Å². The Morgan fingerprint density at radius 3 is 2.81 bits per heavy atom. The molecule has 0 bridgehead atoms. The van der Waals surface area contributed by atoms with Gasteiger partial charge in [-0.25, -0.2) is 0 Å². The van der Waals surface area contributed by atoms with Crippen molar-refractivity contribution in [1.29, 1.82) is 0 Å². The number of aromatic nitrogens is 2. The maximum atomic E-state index is 12.2. The number of nitrogens with zero attached hydrogens (tertiary/aromatic N) is 1. The predicted octanol–water partition coefficient (Wildman–Crippen LogP) is 2.84. The summed E-state index contributed by atoms with van der Waals surface area (Å²) in [5.41, 5.74) is 2.77. The second-order valence-electron chi connectivity index (χ2n) is 5.92. The molecular formula is C20H19N3O3. The van der Waals surface area contributed by atoms with Crippen LogP contribution in [-0.2, 0) is 17.8 Å². The maximum absolute atomic E-state index is 12.2. The summed E-state index contributed by atoms with van der Waals surface area (Å²) in [5, 5.41) is 2.78. The Kier molecular flexibility index (Phi) is 5.43. The maximum Gasteiger partial charge on any atom is 0.250 e. The van der Waals surface area contributed by atoms with Crippen LogP contribution in [0.4, 0.5) is 5.69 Å². The number of aromatic amines is 1. The van der Waals surface area contributed by atoms with Gasteiger partial charge in [-0.1, -0.05) is 18.2 Å². The number of rotatable bonds is 6. The smallest absolute Gasteiger partial charge is 0.250 e. The quantitative estimate of drug-likeness (QED) is 0.717. The number of hydrogen-bond donors (Lipinski definition) is 2. The summed E-state index contributed by atoms with van der Waals surface area (Å²) < 4.78 is 5.75. The Balaban J connectivity index is 1.59. The molecule has 132 valence electrons. The van der Waals surface area contributed by atoms with Gasteiger partial charge in [-0.3, -0.25) is 14.6 Å². The summed E-state index contributed by atoms with van der Waals surface area (Å²) in [7, 11) is 0. The lowest BCUT2D eigenvalue weighted by atomic mass is 10.1. The minimum absolute atomic E-state index is 0.165. The van der Waals surface area contributed by atoms with Gasteiger partial charge in [0.15, 0.2) is 0 Å². The van der Waals surface area contributed by atoms with Crippen LogP contribution in [0, 0.1) is 6.92 Å². The van der Waals surface area contributed by atoms with E-state index in [1.165, 1.54) is 6.20 Å². The number of benzene rings is 1. The molecule has 0 atom stereocenters. The van der Waals surface area contributed by atoms with Crippen molar-refractivity contribution < 1.29 is 9.53 Å². The van der Waals surface area contributed by atoms with E-state index in [2.05, 4.69) is 15.3 Å². The number of hydrogen-bond acceptors (Lipinski definition) is 4. The fourth-order valence-corrected chi connectivity index (χ4v) is 2.46. The van der Waals surface area contributed by atoms with Crippen molar-refractivity contribution in [3.8, 4) is 5.75 Å². The molecule has 2 heterocycles. The highest BCUT2D eigenvalue weighted by Gasteiger charge is 2.07. The lowest BCUT2D eigenvalue weighted by Gasteiger charge is -2.09. The Labute approximate surface area is 150 Å². The first-order valence-corrected chi connectivity index (χ1v) is 8.20. The average Bonchev–Trinajstić information content (AvgIpc) is 2.64. The van der Waals surface area contributed by atoms with Crippen LogP contribution in [0.3, 0.4) is 0 Å². The Hall–Kier alpha value is -3.41.